The maximum Gasteiger partial charge on any atom is 0.242 e. The van der Waals surface area contributed by atoms with E-state index < -0.39 is 16.1 Å². The minimum atomic E-state index is -3.63. The number of aliphatic hydroxyl groups excluding tert-OH is 1. The predicted molar refractivity (Wildman–Crippen MR) is 64.9 cm³/mol. The molecular weight excluding hydrogens is 240 g/mol. The Balaban J connectivity index is 2.95. The van der Waals surface area contributed by atoms with Crippen LogP contribution >= 0.6 is 0 Å². The number of aromatic nitrogens is 1. The number of aliphatic hydroxyl groups is 1. The van der Waals surface area contributed by atoms with E-state index in [1.807, 2.05) is 20.8 Å². The molecule has 6 heteroatoms. The SMILES string of the molecule is CC(C)(C)[C@@H](CO)NS(=O)(=O)c1cccnc1. The Labute approximate surface area is 102 Å². The average molecular weight is 258 g/mol. The summed E-state index contributed by atoms with van der Waals surface area (Å²) in [6.07, 6.45) is 2.78. The molecule has 0 aliphatic heterocycles. The number of nitrogens with zero attached hydrogens (tertiary/aromatic N) is 1. The van der Waals surface area contributed by atoms with Crippen molar-refractivity contribution in [2.75, 3.05) is 6.61 Å². The largest absolute Gasteiger partial charge is 0.395 e. The quantitative estimate of drug-likeness (QED) is 0.836. The Hall–Kier alpha value is -0.980. The van der Waals surface area contributed by atoms with E-state index >= 15 is 0 Å². The predicted octanol–water partition coefficient (Wildman–Crippen LogP) is 0.767. The van der Waals surface area contributed by atoms with E-state index in [1.54, 1.807) is 6.07 Å². The van der Waals surface area contributed by atoms with Crippen molar-refractivity contribution >= 4 is 10.0 Å². The summed E-state index contributed by atoms with van der Waals surface area (Å²) in [5, 5.41) is 9.23. The van der Waals surface area contributed by atoms with Crippen LogP contribution in [0, 0.1) is 5.41 Å². The molecule has 0 amide bonds. The first-order chi connectivity index (χ1) is 7.77. The maximum atomic E-state index is 12.0. The first kappa shape index (κ1) is 14.1. The van der Waals surface area contributed by atoms with Gasteiger partial charge in [-0.25, -0.2) is 13.1 Å². The van der Waals surface area contributed by atoms with E-state index in [0.29, 0.717) is 0 Å². The fraction of sp³-hybridized carbons (Fsp3) is 0.545. The first-order valence-corrected chi connectivity index (χ1v) is 6.79. The third kappa shape index (κ3) is 3.76. The third-order valence-corrected chi connectivity index (χ3v) is 3.93. The Kier molecular flexibility index (Phi) is 4.24. The number of nitrogens with one attached hydrogen (secondary N) is 1. The van der Waals surface area contributed by atoms with Gasteiger partial charge < -0.3 is 5.11 Å². The molecule has 0 aliphatic rings. The monoisotopic (exact) mass is 258 g/mol. The molecule has 0 aromatic carbocycles. The number of pyridine rings is 1. The van der Waals surface area contributed by atoms with Gasteiger partial charge in [-0.3, -0.25) is 4.98 Å². The van der Waals surface area contributed by atoms with Crippen LogP contribution < -0.4 is 4.72 Å². The summed E-state index contributed by atoms with van der Waals surface area (Å²) in [6, 6.07) is 2.49. The molecular formula is C11H18N2O3S. The number of hydrogen-bond donors (Lipinski definition) is 2. The molecule has 1 rings (SSSR count). The molecule has 0 saturated carbocycles. The van der Waals surface area contributed by atoms with Crippen molar-refractivity contribution < 1.29 is 13.5 Å². The van der Waals surface area contributed by atoms with Crippen molar-refractivity contribution in [2.45, 2.75) is 31.7 Å². The highest BCUT2D eigenvalue weighted by atomic mass is 32.2. The second kappa shape index (κ2) is 5.12. The Morgan fingerprint density at radius 2 is 2.12 bits per heavy atom. The standard InChI is InChI=1S/C11H18N2O3S/c1-11(2,3)10(8-14)13-17(15,16)9-5-4-6-12-7-9/h4-7,10,13-14H,8H2,1-3H3/t10-/m1/s1. The third-order valence-electron chi connectivity index (χ3n) is 2.47. The average Bonchev–Trinajstić information content (AvgIpc) is 2.25. The highest BCUT2D eigenvalue weighted by molar-refractivity contribution is 7.89. The zero-order chi connectivity index (χ0) is 13.1. The van der Waals surface area contributed by atoms with Crippen LogP contribution in [0.25, 0.3) is 0 Å². The van der Waals surface area contributed by atoms with Gasteiger partial charge in [0, 0.05) is 18.4 Å². The summed E-state index contributed by atoms with van der Waals surface area (Å²) in [4.78, 5) is 3.86. The van der Waals surface area contributed by atoms with Gasteiger partial charge in [-0.1, -0.05) is 20.8 Å². The van der Waals surface area contributed by atoms with Gasteiger partial charge in [0.1, 0.15) is 4.90 Å². The van der Waals surface area contributed by atoms with Gasteiger partial charge in [-0.05, 0) is 17.5 Å². The lowest BCUT2D eigenvalue weighted by Gasteiger charge is -2.29. The van der Waals surface area contributed by atoms with Crippen molar-refractivity contribution in [3.05, 3.63) is 24.5 Å². The summed E-state index contributed by atoms with van der Waals surface area (Å²) in [5.74, 6) is 0. The highest BCUT2D eigenvalue weighted by Crippen LogP contribution is 2.20. The molecule has 1 aromatic heterocycles. The lowest BCUT2D eigenvalue weighted by atomic mass is 9.88. The Bertz CT molecular complexity index is 451. The van der Waals surface area contributed by atoms with Crippen LogP contribution in [-0.4, -0.2) is 31.2 Å². The molecule has 5 nitrogen and oxygen atoms in total. The molecule has 0 radical (unpaired) electrons. The second-order valence-corrected chi connectivity index (χ2v) is 6.63. The van der Waals surface area contributed by atoms with Crippen LogP contribution in [0.5, 0.6) is 0 Å². The normalized spacial score (nSPS) is 14.6. The minimum absolute atomic E-state index is 0.0997. The van der Waals surface area contributed by atoms with E-state index in [2.05, 4.69) is 9.71 Å². The molecule has 1 aromatic rings. The van der Waals surface area contributed by atoms with Gasteiger partial charge in [-0.15, -0.1) is 0 Å². The Morgan fingerprint density at radius 1 is 1.47 bits per heavy atom. The van der Waals surface area contributed by atoms with Crippen LogP contribution in [0.2, 0.25) is 0 Å². The van der Waals surface area contributed by atoms with Crippen LogP contribution in [0.15, 0.2) is 29.4 Å². The molecule has 17 heavy (non-hydrogen) atoms. The van der Waals surface area contributed by atoms with Crippen molar-refractivity contribution in [1.29, 1.82) is 0 Å². The van der Waals surface area contributed by atoms with E-state index in [-0.39, 0.29) is 16.9 Å². The topological polar surface area (TPSA) is 79.3 Å². The van der Waals surface area contributed by atoms with Crippen LogP contribution in [0.1, 0.15) is 20.8 Å². The van der Waals surface area contributed by atoms with E-state index in [0.717, 1.165) is 0 Å². The molecule has 2 N–H and O–H groups in total. The molecule has 0 unspecified atom stereocenters. The summed E-state index contributed by atoms with van der Waals surface area (Å²) < 4.78 is 26.5. The molecule has 0 spiro atoms. The van der Waals surface area contributed by atoms with Gasteiger partial charge in [0.15, 0.2) is 0 Å². The molecule has 1 atom stereocenters. The maximum absolute atomic E-state index is 12.0. The fourth-order valence-electron chi connectivity index (χ4n) is 1.25. The zero-order valence-electron chi connectivity index (χ0n) is 10.2. The highest BCUT2D eigenvalue weighted by Gasteiger charge is 2.29. The zero-order valence-corrected chi connectivity index (χ0v) is 11.0. The van der Waals surface area contributed by atoms with Gasteiger partial charge in [0.25, 0.3) is 0 Å². The summed E-state index contributed by atoms with van der Waals surface area (Å²) in [7, 11) is -3.63. The molecule has 0 bridgehead atoms. The minimum Gasteiger partial charge on any atom is -0.395 e. The number of hydrogen-bond acceptors (Lipinski definition) is 4. The van der Waals surface area contributed by atoms with E-state index in [1.165, 1.54) is 18.5 Å². The van der Waals surface area contributed by atoms with Crippen molar-refractivity contribution in [3.63, 3.8) is 0 Å². The van der Waals surface area contributed by atoms with Gasteiger partial charge in [-0.2, -0.15) is 0 Å². The first-order valence-electron chi connectivity index (χ1n) is 5.30. The second-order valence-electron chi connectivity index (χ2n) is 4.91. The number of sulfonamides is 1. The van der Waals surface area contributed by atoms with Crippen LogP contribution in [0.3, 0.4) is 0 Å². The van der Waals surface area contributed by atoms with Crippen molar-refractivity contribution in [1.82, 2.24) is 9.71 Å². The number of rotatable bonds is 4. The fourth-order valence-corrected chi connectivity index (χ4v) is 2.65. The molecule has 0 saturated heterocycles. The summed E-state index contributed by atoms with van der Waals surface area (Å²) in [6.45, 7) is 5.34. The Morgan fingerprint density at radius 3 is 2.53 bits per heavy atom. The molecule has 96 valence electrons. The molecule has 0 aliphatic carbocycles. The summed E-state index contributed by atoms with van der Waals surface area (Å²) >= 11 is 0. The van der Waals surface area contributed by atoms with Crippen LogP contribution in [-0.2, 0) is 10.0 Å². The van der Waals surface area contributed by atoms with Crippen molar-refractivity contribution in [2.24, 2.45) is 5.41 Å². The lowest BCUT2D eigenvalue weighted by molar-refractivity contribution is 0.177. The molecule has 1 heterocycles. The van der Waals surface area contributed by atoms with Crippen LogP contribution in [0.4, 0.5) is 0 Å². The molecule has 0 fully saturated rings. The van der Waals surface area contributed by atoms with Gasteiger partial charge in [0.2, 0.25) is 10.0 Å². The van der Waals surface area contributed by atoms with Crippen molar-refractivity contribution in [3.8, 4) is 0 Å². The van der Waals surface area contributed by atoms with E-state index in [9.17, 15) is 13.5 Å². The van der Waals surface area contributed by atoms with Gasteiger partial charge >= 0.3 is 0 Å². The summed E-state index contributed by atoms with van der Waals surface area (Å²) in [5.41, 5.74) is -0.357. The van der Waals surface area contributed by atoms with E-state index in [4.69, 9.17) is 0 Å². The lowest BCUT2D eigenvalue weighted by Crippen LogP contribution is -2.46. The smallest absolute Gasteiger partial charge is 0.242 e. The van der Waals surface area contributed by atoms with Gasteiger partial charge in [0.05, 0.1) is 6.61 Å².